The van der Waals surface area contributed by atoms with Crippen LogP contribution >= 0.6 is 11.8 Å². The van der Waals surface area contributed by atoms with Gasteiger partial charge in [0.25, 0.3) is 11.1 Å². The first-order chi connectivity index (χ1) is 12.7. The number of anilines is 1. The lowest BCUT2D eigenvalue weighted by Crippen LogP contribution is -2.27. The molecule has 1 saturated heterocycles. The summed E-state index contributed by atoms with van der Waals surface area (Å²) in [6.07, 6.45) is 1.77. The number of methoxy groups -OCH3 is 1. The van der Waals surface area contributed by atoms with Gasteiger partial charge in [0.2, 0.25) is 0 Å². The maximum atomic E-state index is 12.8. The van der Waals surface area contributed by atoms with Gasteiger partial charge in [-0.2, -0.15) is 0 Å². The summed E-state index contributed by atoms with van der Waals surface area (Å²) >= 11 is 0.957. The Labute approximate surface area is 155 Å². The number of carbonyl (C=O) groups is 2. The average Bonchev–Trinajstić information content (AvgIpc) is 2.96. The lowest BCUT2D eigenvalue weighted by Gasteiger charge is -2.11. The second kappa shape index (κ2) is 6.69. The zero-order valence-electron chi connectivity index (χ0n) is 14.0. The summed E-state index contributed by atoms with van der Waals surface area (Å²) < 4.78 is 5.41. The number of nitrogens with zero attached hydrogens (tertiary/aromatic N) is 1. The number of ether oxygens (including phenoxy) is 1. The predicted molar refractivity (Wildman–Crippen MR) is 105 cm³/mol. The maximum absolute atomic E-state index is 12.8. The van der Waals surface area contributed by atoms with Gasteiger partial charge in [-0.25, -0.2) is 4.90 Å². The molecular weight excluding hydrogens is 346 g/mol. The fourth-order valence-electron chi connectivity index (χ4n) is 3.01. The van der Waals surface area contributed by atoms with Crippen LogP contribution in [0.3, 0.4) is 0 Å². The smallest absolute Gasteiger partial charge is 0.298 e. The minimum absolute atomic E-state index is 0.287. The Hall–Kier alpha value is -3.05. The highest BCUT2D eigenvalue weighted by Crippen LogP contribution is 2.37. The summed E-state index contributed by atoms with van der Waals surface area (Å²) in [4.78, 5) is 26.8. The molecule has 0 N–H and O–H groups in total. The Balaban J connectivity index is 1.77. The summed E-state index contributed by atoms with van der Waals surface area (Å²) in [7, 11) is 1.63. The molecule has 1 fully saturated rings. The van der Waals surface area contributed by atoms with E-state index in [1.54, 1.807) is 37.5 Å². The SMILES string of the molecule is COc1ccc(/C=C2\SC(=O)N(c3ccccc3)C2=O)c2ccccc12. The third kappa shape index (κ3) is 2.76. The number of amides is 2. The number of imide groups is 1. The fraction of sp³-hybridized carbons (Fsp3) is 0.0476. The van der Waals surface area contributed by atoms with Gasteiger partial charge in [0.1, 0.15) is 5.75 Å². The average molecular weight is 361 g/mol. The molecule has 0 atom stereocenters. The van der Waals surface area contributed by atoms with Crippen molar-refractivity contribution in [2.45, 2.75) is 0 Å². The van der Waals surface area contributed by atoms with Crippen molar-refractivity contribution in [1.82, 2.24) is 0 Å². The lowest BCUT2D eigenvalue weighted by atomic mass is 10.0. The van der Waals surface area contributed by atoms with Gasteiger partial charge < -0.3 is 4.74 Å². The fourth-order valence-corrected chi connectivity index (χ4v) is 3.84. The van der Waals surface area contributed by atoms with Crippen LogP contribution < -0.4 is 9.64 Å². The first-order valence-electron chi connectivity index (χ1n) is 8.08. The van der Waals surface area contributed by atoms with Gasteiger partial charge >= 0.3 is 0 Å². The quantitative estimate of drug-likeness (QED) is 0.610. The minimum Gasteiger partial charge on any atom is -0.496 e. The Morgan fingerprint density at radius 1 is 0.885 bits per heavy atom. The summed E-state index contributed by atoms with van der Waals surface area (Å²) in [6, 6.07) is 20.6. The van der Waals surface area contributed by atoms with E-state index in [-0.39, 0.29) is 11.1 Å². The molecule has 0 saturated carbocycles. The Kier molecular flexibility index (Phi) is 4.22. The highest BCUT2D eigenvalue weighted by molar-refractivity contribution is 8.19. The van der Waals surface area contributed by atoms with Crippen molar-refractivity contribution in [3.8, 4) is 5.75 Å². The summed E-state index contributed by atoms with van der Waals surface area (Å²) in [5.41, 5.74) is 1.46. The van der Waals surface area contributed by atoms with Crippen LogP contribution in [0.2, 0.25) is 0 Å². The first kappa shape index (κ1) is 16.4. The maximum Gasteiger partial charge on any atom is 0.298 e. The molecule has 1 aliphatic rings. The number of thioether (sulfide) groups is 1. The van der Waals surface area contributed by atoms with Crippen LogP contribution in [0.15, 0.2) is 71.6 Å². The molecule has 5 heteroatoms. The van der Waals surface area contributed by atoms with E-state index in [0.29, 0.717) is 10.6 Å². The Morgan fingerprint density at radius 2 is 1.58 bits per heavy atom. The molecule has 0 unspecified atom stereocenters. The van der Waals surface area contributed by atoms with E-state index < -0.39 is 0 Å². The summed E-state index contributed by atoms with van der Waals surface area (Å²) in [5, 5.41) is 1.65. The zero-order valence-corrected chi connectivity index (χ0v) is 14.8. The molecule has 3 aromatic rings. The molecule has 0 bridgehead atoms. The summed E-state index contributed by atoms with van der Waals surface area (Å²) in [5.74, 6) is 0.473. The number of para-hydroxylation sites is 1. The van der Waals surface area contributed by atoms with E-state index in [2.05, 4.69) is 0 Å². The van der Waals surface area contributed by atoms with Gasteiger partial charge in [0, 0.05) is 5.39 Å². The molecule has 0 aromatic heterocycles. The third-order valence-corrected chi connectivity index (χ3v) is 5.10. The van der Waals surface area contributed by atoms with Gasteiger partial charge in [0.05, 0.1) is 17.7 Å². The molecule has 1 aliphatic heterocycles. The summed E-state index contributed by atoms with van der Waals surface area (Å²) in [6.45, 7) is 0. The highest BCUT2D eigenvalue weighted by Gasteiger charge is 2.36. The van der Waals surface area contributed by atoms with Crippen molar-refractivity contribution < 1.29 is 14.3 Å². The lowest BCUT2D eigenvalue weighted by molar-refractivity contribution is -0.113. The normalized spacial score (nSPS) is 15.9. The number of fused-ring (bicyclic) bond motifs is 1. The van der Waals surface area contributed by atoms with Crippen LogP contribution in [0.1, 0.15) is 5.56 Å². The molecule has 2 amide bonds. The molecule has 26 heavy (non-hydrogen) atoms. The second-order valence-electron chi connectivity index (χ2n) is 5.76. The van der Waals surface area contributed by atoms with Crippen molar-refractivity contribution in [3.05, 3.63) is 77.2 Å². The molecular formula is C21H15NO3S. The monoisotopic (exact) mass is 361 g/mol. The van der Waals surface area contributed by atoms with Gasteiger partial charge in [-0.1, -0.05) is 48.5 Å². The topological polar surface area (TPSA) is 46.6 Å². The van der Waals surface area contributed by atoms with Gasteiger partial charge in [-0.3, -0.25) is 9.59 Å². The molecule has 0 spiro atoms. The molecule has 4 rings (SSSR count). The van der Waals surface area contributed by atoms with Crippen molar-refractivity contribution in [1.29, 1.82) is 0 Å². The van der Waals surface area contributed by atoms with Crippen LogP contribution in [-0.2, 0) is 4.79 Å². The molecule has 4 nitrogen and oxygen atoms in total. The van der Waals surface area contributed by atoms with Crippen molar-refractivity contribution >= 4 is 45.4 Å². The van der Waals surface area contributed by atoms with E-state index in [1.807, 2.05) is 42.5 Å². The number of hydrogen-bond acceptors (Lipinski definition) is 4. The largest absolute Gasteiger partial charge is 0.496 e. The highest BCUT2D eigenvalue weighted by atomic mass is 32.2. The first-order valence-corrected chi connectivity index (χ1v) is 8.89. The van der Waals surface area contributed by atoms with Crippen LogP contribution in [0.5, 0.6) is 5.75 Å². The van der Waals surface area contributed by atoms with E-state index in [4.69, 9.17) is 4.74 Å². The van der Waals surface area contributed by atoms with E-state index in [0.717, 1.165) is 33.8 Å². The third-order valence-electron chi connectivity index (χ3n) is 4.23. The van der Waals surface area contributed by atoms with E-state index in [1.165, 1.54) is 4.90 Å². The Bertz CT molecular complexity index is 1040. The minimum atomic E-state index is -0.300. The molecule has 1 heterocycles. The molecule has 3 aromatic carbocycles. The van der Waals surface area contributed by atoms with Crippen molar-refractivity contribution in [2.24, 2.45) is 0 Å². The van der Waals surface area contributed by atoms with Crippen LogP contribution in [-0.4, -0.2) is 18.3 Å². The van der Waals surface area contributed by atoms with Gasteiger partial charge in [0.15, 0.2) is 0 Å². The Morgan fingerprint density at radius 3 is 2.31 bits per heavy atom. The van der Waals surface area contributed by atoms with Gasteiger partial charge in [-0.15, -0.1) is 0 Å². The van der Waals surface area contributed by atoms with Crippen molar-refractivity contribution in [2.75, 3.05) is 12.0 Å². The van der Waals surface area contributed by atoms with E-state index in [9.17, 15) is 9.59 Å². The molecule has 128 valence electrons. The van der Waals surface area contributed by atoms with Crippen LogP contribution in [0.25, 0.3) is 16.8 Å². The molecule has 0 radical (unpaired) electrons. The van der Waals surface area contributed by atoms with Gasteiger partial charge in [-0.05, 0) is 47.0 Å². The predicted octanol–water partition coefficient (Wildman–Crippen LogP) is 5.09. The number of carbonyl (C=O) groups excluding carboxylic acids is 2. The standard InChI is InChI=1S/C21H15NO3S/c1-25-18-12-11-14(16-9-5-6-10-17(16)18)13-19-20(23)22(21(24)26-19)15-7-3-2-4-8-15/h2-13H,1H3/b19-13-. The van der Waals surface area contributed by atoms with Crippen molar-refractivity contribution in [3.63, 3.8) is 0 Å². The van der Waals surface area contributed by atoms with E-state index >= 15 is 0 Å². The number of benzene rings is 3. The number of hydrogen-bond donors (Lipinski definition) is 0. The zero-order chi connectivity index (χ0) is 18.1. The number of rotatable bonds is 3. The van der Waals surface area contributed by atoms with Crippen LogP contribution in [0, 0.1) is 0 Å². The van der Waals surface area contributed by atoms with Crippen LogP contribution in [0.4, 0.5) is 10.5 Å². The molecule has 0 aliphatic carbocycles. The second-order valence-corrected chi connectivity index (χ2v) is 6.75.